The molecule has 1 saturated carbocycles. The predicted molar refractivity (Wildman–Crippen MR) is 77.9 cm³/mol. The monoisotopic (exact) mass is 277 g/mol. The minimum Gasteiger partial charge on any atom is -0.497 e. The van der Waals surface area contributed by atoms with E-state index in [0.717, 1.165) is 43.5 Å². The molecule has 0 atom stereocenters. The van der Waals surface area contributed by atoms with Gasteiger partial charge in [0.15, 0.2) is 0 Å². The van der Waals surface area contributed by atoms with E-state index in [1.165, 1.54) is 0 Å². The van der Waals surface area contributed by atoms with Crippen LogP contribution in [0, 0.1) is 5.41 Å². The van der Waals surface area contributed by atoms with E-state index >= 15 is 0 Å². The van der Waals surface area contributed by atoms with Crippen molar-refractivity contribution in [1.29, 1.82) is 0 Å². The van der Waals surface area contributed by atoms with Crippen LogP contribution in [-0.4, -0.2) is 36.7 Å². The highest BCUT2D eigenvalue weighted by molar-refractivity contribution is 5.75. The molecule has 0 bridgehead atoms. The first-order valence-electron chi connectivity index (χ1n) is 7.11. The first-order valence-corrected chi connectivity index (χ1v) is 7.11. The van der Waals surface area contributed by atoms with Crippen molar-refractivity contribution in [2.45, 2.75) is 32.2 Å². The van der Waals surface area contributed by atoms with Gasteiger partial charge in [-0.25, -0.2) is 0 Å². The van der Waals surface area contributed by atoms with Gasteiger partial charge in [-0.1, -0.05) is 25.0 Å². The van der Waals surface area contributed by atoms with Crippen molar-refractivity contribution in [3.63, 3.8) is 0 Å². The Morgan fingerprint density at radius 3 is 2.70 bits per heavy atom. The Morgan fingerprint density at radius 2 is 2.10 bits per heavy atom. The van der Waals surface area contributed by atoms with Crippen LogP contribution in [0.1, 0.15) is 31.2 Å². The average molecular weight is 277 g/mol. The number of methoxy groups -OCH3 is 1. The number of hydrogen-bond acceptors (Lipinski definition) is 3. The molecule has 20 heavy (non-hydrogen) atoms. The number of carbonyl (C=O) groups is 1. The maximum Gasteiger partial charge on any atom is 0.310 e. The lowest BCUT2D eigenvalue weighted by Gasteiger charge is -2.29. The molecule has 1 N–H and O–H groups in total. The van der Waals surface area contributed by atoms with Gasteiger partial charge in [0.25, 0.3) is 0 Å². The van der Waals surface area contributed by atoms with Crippen molar-refractivity contribution < 1.29 is 14.6 Å². The second-order valence-electron chi connectivity index (χ2n) is 5.82. The zero-order chi connectivity index (χ0) is 14.6. The summed E-state index contributed by atoms with van der Waals surface area (Å²) in [5.74, 6) is 0.192. The molecule has 0 aromatic heterocycles. The van der Waals surface area contributed by atoms with Crippen LogP contribution in [0.25, 0.3) is 0 Å². The Balaban J connectivity index is 2.00. The highest BCUT2D eigenvalue weighted by Crippen LogP contribution is 2.39. The Labute approximate surface area is 120 Å². The van der Waals surface area contributed by atoms with Gasteiger partial charge in [-0.2, -0.15) is 0 Å². The molecule has 1 aliphatic rings. The quantitative estimate of drug-likeness (QED) is 0.868. The lowest BCUT2D eigenvalue weighted by Crippen LogP contribution is -2.39. The van der Waals surface area contributed by atoms with E-state index in [1.54, 1.807) is 7.11 Å². The Bertz CT molecular complexity index is 467. The normalized spacial score (nSPS) is 17.4. The van der Waals surface area contributed by atoms with Gasteiger partial charge in [0.2, 0.25) is 0 Å². The number of carboxylic acids is 1. The van der Waals surface area contributed by atoms with Crippen LogP contribution in [0.4, 0.5) is 0 Å². The van der Waals surface area contributed by atoms with E-state index in [-0.39, 0.29) is 0 Å². The third-order valence-electron chi connectivity index (χ3n) is 4.17. The first-order chi connectivity index (χ1) is 9.55. The highest BCUT2D eigenvalue weighted by Gasteiger charge is 2.41. The summed E-state index contributed by atoms with van der Waals surface area (Å²) in [6.07, 6.45) is 3.65. The molecule has 1 aromatic rings. The van der Waals surface area contributed by atoms with Gasteiger partial charge in [-0.15, -0.1) is 0 Å². The van der Waals surface area contributed by atoms with Gasteiger partial charge in [-0.3, -0.25) is 4.79 Å². The molecule has 1 fully saturated rings. The van der Waals surface area contributed by atoms with Crippen molar-refractivity contribution >= 4 is 5.97 Å². The van der Waals surface area contributed by atoms with E-state index in [1.807, 2.05) is 31.3 Å². The molecule has 0 unspecified atom stereocenters. The molecule has 110 valence electrons. The third kappa shape index (κ3) is 3.31. The van der Waals surface area contributed by atoms with Crippen LogP contribution < -0.4 is 4.74 Å². The van der Waals surface area contributed by atoms with Crippen LogP contribution in [0.3, 0.4) is 0 Å². The van der Waals surface area contributed by atoms with E-state index in [0.29, 0.717) is 6.54 Å². The molecule has 0 saturated heterocycles. The molecule has 1 aliphatic carbocycles. The number of rotatable bonds is 6. The van der Waals surface area contributed by atoms with Crippen LogP contribution in [-0.2, 0) is 11.3 Å². The first kappa shape index (κ1) is 14.9. The number of benzene rings is 1. The average Bonchev–Trinajstić information content (AvgIpc) is 2.88. The van der Waals surface area contributed by atoms with Crippen LogP contribution in [0.5, 0.6) is 5.75 Å². The molecule has 0 spiro atoms. The largest absolute Gasteiger partial charge is 0.497 e. The van der Waals surface area contributed by atoms with Crippen molar-refractivity contribution in [1.82, 2.24) is 4.90 Å². The summed E-state index contributed by atoms with van der Waals surface area (Å²) in [7, 11) is 3.64. The molecule has 0 heterocycles. The molecule has 0 aliphatic heterocycles. The second kappa shape index (κ2) is 6.27. The van der Waals surface area contributed by atoms with Gasteiger partial charge in [0.1, 0.15) is 5.75 Å². The minimum atomic E-state index is -0.646. The molecule has 2 rings (SSSR count). The molecular weight excluding hydrogens is 254 g/mol. The zero-order valence-electron chi connectivity index (χ0n) is 12.3. The van der Waals surface area contributed by atoms with Gasteiger partial charge >= 0.3 is 5.97 Å². The Kier molecular flexibility index (Phi) is 4.65. The minimum absolute atomic E-state index is 0.548. The fraction of sp³-hybridized carbons (Fsp3) is 0.562. The SMILES string of the molecule is COc1cccc(CN(C)CC2(C(=O)O)CCCC2)c1. The molecule has 0 radical (unpaired) electrons. The van der Waals surface area contributed by atoms with Crippen molar-refractivity contribution in [3.8, 4) is 5.75 Å². The smallest absolute Gasteiger partial charge is 0.310 e. The van der Waals surface area contributed by atoms with Crippen LogP contribution in [0.2, 0.25) is 0 Å². The molecule has 4 heteroatoms. The van der Waals surface area contributed by atoms with Gasteiger partial charge in [0.05, 0.1) is 12.5 Å². The molecule has 0 amide bonds. The highest BCUT2D eigenvalue weighted by atomic mass is 16.5. The number of aliphatic carboxylic acids is 1. The Hall–Kier alpha value is -1.55. The summed E-state index contributed by atoms with van der Waals surface area (Å²) in [6, 6.07) is 7.92. The maximum atomic E-state index is 11.6. The number of ether oxygens (including phenoxy) is 1. The van der Waals surface area contributed by atoms with E-state index in [9.17, 15) is 9.90 Å². The fourth-order valence-corrected chi connectivity index (χ4v) is 3.15. The van der Waals surface area contributed by atoms with E-state index < -0.39 is 11.4 Å². The second-order valence-corrected chi connectivity index (χ2v) is 5.82. The lowest BCUT2D eigenvalue weighted by atomic mass is 9.85. The molecular formula is C16H23NO3. The number of nitrogens with zero attached hydrogens (tertiary/aromatic N) is 1. The fourth-order valence-electron chi connectivity index (χ4n) is 3.15. The maximum absolute atomic E-state index is 11.6. The third-order valence-corrected chi connectivity index (χ3v) is 4.17. The van der Waals surface area contributed by atoms with Crippen molar-refractivity contribution in [2.75, 3.05) is 20.7 Å². The number of carboxylic acid groups (broad SMARTS) is 1. The van der Waals surface area contributed by atoms with Crippen LogP contribution in [0.15, 0.2) is 24.3 Å². The Morgan fingerprint density at radius 1 is 1.40 bits per heavy atom. The topological polar surface area (TPSA) is 49.8 Å². The van der Waals surface area contributed by atoms with E-state index in [2.05, 4.69) is 4.90 Å². The van der Waals surface area contributed by atoms with Crippen LogP contribution >= 0.6 is 0 Å². The lowest BCUT2D eigenvalue weighted by molar-refractivity contribution is -0.149. The molecule has 4 nitrogen and oxygen atoms in total. The summed E-state index contributed by atoms with van der Waals surface area (Å²) in [4.78, 5) is 13.7. The summed E-state index contributed by atoms with van der Waals surface area (Å²) >= 11 is 0. The zero-order valence-corrected chi connectivity index (χ0v) is 12.3. The number of hydrogen-bond donors (Lipinski definition) is 1. The summed E-state index contributed by atoms with van der Waals surface area (Å²) in [5.41, 5.74) is 0.596. The molecule has 1 aromatic carbocycles. The van der Waals surface area contributed by atoms with Gasteiger partial charge in [-0.05, 0) is 37.6 Å². The summed E-state index contributed by atoms with van der Waals surface area (Å²) < 4.78 is 5.22. The van der Waals surface area contributed by atoms with Gasteiger partial charge in [0, 0.05) is 13.1 Å². The van der Waals surface area contributed by atoms with Crippen molar-refractivity contribution in [3.05, 3.63) is 29.8 Å². The standard InChI is InChI=1S/C16H23NO3/c1-17(11-13-6-5-7-14(10-13)20-2)12-16(15(18)19)8-3-4-9-16/h5-7,10H,3-4,8-9,11-12H2,1-2H3,(H,18,19). The summed E-state index contributed by atoms with van der Waals surface area (Å²) in [5, 5.41) is 9.51. The predicted octanol–water partition coefficient (Wildman–Crippen LogP) is 2.77. The summed E-state index contributed by atoms with van der Waals surface area (Å²) in [6.45, 7) is 1.35. The van der Waals surface area contributed by atoms with Crippen molar-refractivity contribution in [2.24, 2.45) is 5.41 Å². The van der Waals surface area contributed by atoms with Gasteiger partial charge < -0.3 is 14.7 Å². The van der Waals surface area contributed by atoms with E-state index in [4.69, 9.17) is 4.74 Å².